The number of pyridine rings is 1. The first-order valence-electron chi connectivity index (χ1n) is 12.8. The summed E-state index contributed by atoms with van der Waals surface area (Å²) in [6, 6.07) is 12.7. The van der Waals surface area contributed by atoms with E-state index in [-0.39, 0.29) is 29.7 Å². The molecular weight excluding hydrogens is 549 g/mol. The van der Waals surface area contributed by atoms with Crippen molar-refractivity contribution in [2.45, 2.75) is 32.5 Å². The van der Waals surface area contributed by atoms with Crippen molar-refractivity contribution in [2.24, 2.45) is 0 Å². The highest BCUT2D eigenvalue weighted by atomic mass is 31.0. The molecule has 1 aliphatic heterocycles. The lowest BCUT2D eigenvalue weighted by molar-refractivity contribution is 0.00620. The van der Waals surface area contributed by atoms with E-state index in [1.165, 1.54) is 7.11 Å². The molecule has 0 bridgehead atoms. The Morgan fingerprint density at radius 3 is 2.65 bits per heavy atom. The first-order valence-corrected chi connectivity index (χ1v) is 14.0. The number of hydrogen-bond donors (Lipinski definition) is 1. The van der Waals surface area contributed by atoms with E-state index in [4.69, 9.17) is 14.6 Å². The van der Waals surface area contributed by atoms with Gasteiger partial charge >= 0.3 is 0 Å². The molecule has 0 radical (unpaired) electrons. The van der Waals surface area contributed by atoms with Crippen LogP contribution in [0.25, 0.3) is 0 Å². The first kappa shape index (κ1) is 28.2. The summed E-state index contributed by atoms with van der Waals surface area (Å²) in [4.78, 5) is 25.5. The van der Waals surface area contributed by atoms with Crippen LogP contribution in [0, 0.1) is 12.7 Å². The molecule has 1 aliphatic rings. The molecule has 5 rings (SSSR count). The van der Waals surface area contributed by atoms with Crippen LogP contribution in [0.1, 0.15) is 44.2 Å². The molecule has 1 fully saturated rings. The average molecular weight is 581 g/mol. The zero-order chi connectivity index (χ0) is 28.4. The van der Waals surface area contributed by atoms with Gasteiger partial charge in [0.25, 0.3) is 11.5 Å². The van der Waals surface area contributed by atoms with Crippen LogP contribution in [-0.2, 0) is 24.4 Å². The quantitative estimate of drug-likeness (QED) is 0.308. The van der Waals surface area contributed by atoms with Gasteiger partial charge in [-0.2, -0.15) is 5.10 Å². The van der Waals surface area contributed by atoms with Gasteiger partial charge < -0.3 is 19.4 Å². The summed E-state index contributed by atoms with van der Waals surface area (Å²) in [6.45, 7) is 3.75. The minimum Gasteiger partial charge on any atom is -0.494 e. The van der Waals surface area contributed by atoms with Crippen molar-refractivity contribution in [3.8, 4) is 5.75 Å². The number of methoxy groups -OCH3 is 1. The number of aryl methyl sites for hydroxylation is 1. The number of nitrogens with zero attached hydrogens (tertiary/aromatic N) is 3. The maximum absolute atomic E-state index is 14.8. The van der Waals surface area contributed by atoms with Gasteiger partial charge in [-0.15, -0.1) is 18.5 Å². The number of carbonyl (C=O) groups is 1. The lowest BCUT2D eigenvalue weighted by Gasteiger charge is -2.25. The third kappa shape index (κ3) is 6.02. The summed E-state index contributed by atoms with van der Waals surface area (Å²) < 4.78 is 28.7. The molecule has 1 amide bonds. The minimum atomic E-state index is -0.478. The van der Waals surface area contributed by atoms with Crippen LogP contribution in [-0.4, -0.2) is 40.6 Å². The summed E-state index contributed by atoms with van der Waals surface area (Å²) in [7, 11) is 6.76. The first-order chi connectivity index (χ1) is 19.2. The second-order valence-electron chi connectivity index (χ2n) is 9.88. The molecule has 11 heteroatoms. The van der Waals surface area contributed by atoms with E-state index >= 15 is 0 Å². The fraction of sp³-hybridized carbons (Fsp3) is 0.276. The summed E-state index contributed by atoms with van der Waals surface area (Å²) in [5, 5.41) is 9.51. The number of rotatable bonds is 9. The number of benzene rings is 2. The Kier molecular flexibility index (Phi) is 8.46. The smallest absolute Gasteiger partial charge is 0.255 e. The summed E-state index contributed by atoms with van der Waals surface area (Å²) in [5.41, 5.74) is 4.19. The molecule has 2 aromatic heterocycles. The van der Waals surface area contributed by atoms with Crippen molar-refractivity contribution in [2.75, 3.05) is 20.3 Å². The Hall–Kier alpha value is -3.38. The van der Waals surface area contributed by atoms with Crippen LogP contribution in [0.5, 0.6) is 5.75 Å². The molecule has 208 valence electrons. The standard InChI is InChI=1S/C29H31FN4O4P2/c1-17-3-7-24(37-2)27(30)22(17)10-31-29(36)23-14-34(32-28(23)20-15-38-16-20)11-18-4-5-19(25(40)9-18)12-33-13-21(39)6-8-26(33)35/h3-9,13-14,20H,10-12,15-16,39-40H2,1-2H3,(H,31,36). The predicted octanol–water partition coefficient (Wildman–Crippen LogP) is 2.64. The summed E-state index contributed by atoms with van der Waals surface area (Å²) in [5.74, 6) is -0.630. The van der Waals surface area contributed by atoms with Crippen molar-refractivity contribution >= 4 is 35.0 Å². The van der Waals surface area contributed by atoms with Gasteiger partial charge in [0.15, 0.2) is 11.6 Å². The fourth-order valence-corrected chi connectivity index (χ4v) is 5.33. The van der Waals surface area contributed by atoms with Gasteiger partial charge in [0.1, 0.15) is 0 Å². The maximum Gasteiger partial charge on any atom is 0.255 e. The molecule has 2 atom stereocenters. The van der Waals surface area contributed by atoms with E-state index in [1.54, 1.807) is 46.6 Å². The van der Waals surface area contributed by atoms with Crippen LogP contribution in [0.2, 0.25) is 0 Å². The molecule has 0 saturated carbocycles. The van der Waals surface area contributed by atoms with Crippen LogP contribution >= 0.6 is 18.5 Å². The van der Waals surface area contributed by atoms with Crippen LogP contribution in [0.3, 0.4) is 0 Å². The molecule has 4 aromatic rings. The monoisotopic (exact) mass is 580 g/mol. The average Bonchev–Trinajstić information content (AvgIpc) is 3.29. The largest absolute Gasteiger partial charge is 0.494 e. The van der Waals surface area contributed by atoms with Crippen LogP contribution in [0.15, 0.2) is 59.7 Å². The molecule has 1 saturated heterocycles. The van der Waals surface area contributed by atoms with E-state index in [0.29, 0.717) is 43.1 Å². The molecule has 2 unspecified atom stereocenters. The van der Waals surface area contributed by atoms with E-state index < -0.39 is 5.82 Å². The molecule has 2 aromatic carbocycles. The number of carbonyl (C=O) groups excluding carboxylic acids is 1. The highest BCUT2D eigenvalue weighted by Gasteiger charge is 2.29. The van der Waals surface area contributed by atoms with E-state index in [0.717, 1.165) is 27.3 Å². The maximum atomic E-state index is 14.8. The highest BCUT2D eigenvalue weighted by Crippen LogP contribution is 2.27. The third-order valence-corrected chi connectivity index (χ3v) is 7.93. The van der Waals surface area contributed by atoms with E-state index in [2.05, 4.69) is 23.8 Å². The zero-order valence-corrected chi connectivity index (χ0v) is 24.6. The minimum absolute atomic E-state index is 0.0279. The van der Waals surface area contributed by atoms with E-state index in [9.17, 15) is 14.0 Å². The van der Waals surface area contributed by atoms with Crippen molar-refractivity contribution in [1.82, 2.24) is 19.7 Å². The van der Waals surface area contributed by atoms with E-state index in [1.807, 2.05) is 24.4 Å². The molecule has 40 heavy (non-hydrogen) atoms. The van der Waals surface area contributed by atoms with Gasteiger partial charge in [0, 0.05) is 30.6 Å². The second-order valence-corrected chi connectivity index (χ2v) is 11.2. The Morgan fingerprint density at radius 1 is 1.15 bits per heavy atom. The van der Waals surface area contributed by atoms with Gasteiger partial charge in [-0.05, 0) is 52.4 Å². The number of ether oxygens (including phenoxy) is 2. The molecule has 8 nitrogen and oxygen atoms in total. The fourth-order valence-electron chi connectivity index (χ4n) is 4.65. The van der Waals surface area contributed by atoms with Gasteiger partial charge in [0.2, 0.25) is 0 Å². The third-order valence-electron chi connectivity index (χ3n) is 7.05. The van der Waals surface area contributed by atoms with Gasteiger partial charge in [-0.3, -0.25) is 14.3 Å². The molecule has 0 aliphatic carbocycles. The van der Waals surface area contributed by atoms with Gasteiger partial charge in [0.05, 0.1) is 50.6 Å². The Balaban J connectivity index is 1.33. The van der Waals surface area contributed by atoms with Crippen molar-refractivity contribution in [1.29, 1.82) is 0 Å². The number of hydrogen-bond acceptors (Lipinski definition) is 5. The summed E-state index contributed by atoms with van der Waals surface area (Å²) in [6.07, 6.45) is 3.55. The lowest BCUT2D eigenvalue weighted by Crippen LogP contribution is -2.30. The SMILES string of the molecule is COc1ccc(C)c(CNC(=O)c2cn(Cc3ccc(Cn4cc(P)ccc4=O)c(P)c3)nc2C2COC2)c1F. The normalized spacial score (nSPS) is 13.2. The number of aromatic nitrogens is 3. The van der Waals surface area contributed by atoms with Gasteiger partial charge in [-0.25, -0.2) is 4.39 Å². The van der Waals surface area contributed by atoms with Crippen LogP contribution < -0.4 is 26.2 Å². The molecule has 1 N–H and O–H groups in total. The molecular formula is C29H31FN4O4P2. The van der Waals surface area contributed by atoms with Crippen LogP contribution in [0.4, 0.5) is 4.39 Å². The number of amides is 1. The number of nitrogens with one attached hydrogen (secondary N) is 1. The zero-order valence-electron chi connectivity index (χ0n) is 22.3. The highest BCUT2D eigenvalue weighted by molar-refractivity contribution is 7.27. The Morgan fingerprint density at radius 2 is 1.95 bits per heavy atom. The molecule has 0 spiro atoms. The van der Waals surface area contributed by atoms with Crippen molar-refractivity contribution in [3.63, 3.8) is 0 Å². The topological polar surface area (TPSA) is 87.4 Å². The lowest BCUT2D eigenvalue weighted by atomic mass is 10.00. The van der Waals surface area contributed by atoms with Crippen molar-refractivity contribution in [3.05, 3.63) is 105 Å². The molecule has 3 heterocycles. The van der Waals surface area contributed by atoms with Crippen molar-refractivity contribution < 1.29 is 18.7 Å². The Bertz CT molecular complexity index is 1630. The Labute approximate surface area is 236 Å². The summed E-state index contributed by atoms with van der Waals surface area (Å²) >= 11 is 0. The number of halogens is 1. The second kappa shape index (κ2) is 12.0. The predicted molar refractivity (Wildman–Crippen MR) is 159 cm³/mol. The van der Waals surface area contributed by atoms with Gasteiger partial charge in [-0.1, -0.05) is 18.2 Å².